The predicted octanol–water partition coefficient (Wildman–Crippen LogP) is 3.81. The fourth-order valence-electron chi connectivity index (χ4n) is 1.74. The molecule has 0 bridgehead atoms. The summed E-state index contributed by atoms with van der Waals surface area (Å²) in [6.07, 6.45) is 0. The number of nitrogens with zero attached hydrogens (tertiary/aromatic N) is 1. The van der Waals surface area contributed by atoms with E-state index < -0.39 is 11.6 Å². The van der Waals surface area contributed by atoms with Gasteiger partial charge in [-0.2, -0.15) is 5.26 Å². The first-order valence-electron chi connectivity index (χ1n) is 5.08. The lowest BCUT2D eigenvalue weighted by Gasteiger charge is -2.07. The first kappa shape index (κ1) is 11.3. The molecule has 0 fully saturated rings. The van der Waals surface area contributed by atoms with Crippen molar-refractivity contribution >= 4 is 0 Å². The Morgan fingerprint density at radius 2 is 1.76 bits per heavy atom. The maximum atomic E-state index is 13.6. The summed E-state index contributed by atoms with van der Waals surface area (Å²) in [6, 6.07) is 10.2. The van der Waals surface area contributed by atoms with E-state index >= 15 is 0 Å². The second kappa shape index (κ2) is 4.34. The maximum absolute atomic E-state index is 13.6. The van der Waals surface area contributed by atoms with Crippen LogP contribution >= 0.6 is 0 Å². The molecule has 2 aromatic carbocycles. The summed E-state index contributed by atoms with van der Waals surface area (Å²) >= 11 is 0. The summed E-state index contributed by atoms with van der Waals surface area (Å²) in [4.78, 5) is 0. The smallest absolute Gasteiger partial charge is 0.131 e. The van der Waals surface area contributed by atoms with Gasteiger partial charge in [0.05, 0.1) is 11.6 Å². The molecule has 0 amide bonds. The van der Waals surface area contributed by atoms with E-state index in [-0.39, 0.29) is 5.56 Å². The third-order valence-corrected chi connectivity index (χ3v) is 2.57. The molecule has 3 heteroatoms. The van der Waals surface area contributed by atoms with Gasteiger partial charge in [-0.15, -0.1) is 0 Å². The summed E-state index contributed by atoms with van der Waals surface area (Å²) in [5.41, 5.74) is 2.06. The molecule has 2 rings (SSSR count). The summed E-state index contributed by atoms with van der Waals surface area (Å²) in [7, 11) is 0. The van der Waals surface area contributed by atoms with Crippen molar-refractivity contribution in [3.63, 3.8) is 0 Å². The molecule has 0 N–H and O–H groups in total. The molecule has 0 saturated carbocycles. The van der Waals surface area contributed by atoms with Crippen molar-refractivity contribution in [3.8, 4) is 17.2 Å². The molecule has 0 aliphatic rings. The molecule has 0 saturated heterocycles. The summed E-state index contributed by atoms with van der Waals surface area (Å²) < 4.78 is 26.7. The number of benzene rings is 2. The van der Waals surface area contributed by atoms with Crippen molar-refractivity contribution in [1.29, 1.82) is 5.26 Å². The van der Waals surface area contributed by atoms with Crippen LogP contribution in [0, 0.1) is 29.9 Å². The van der Waals surface area contributed by atoms with Crippen molar-refractivity contribution in [2.45, 2.75) is 6.92 Å². The van der Waals surface area contributed by atoms with E-state index in [1.165, 1.54) is 0 Å². The molecular weight excluding hydrogens is 220 g/mol. The Morgan fingerprint density at radius 1 is 1.00 bits per heavy atom. The number of hydrogen-bond donors (Lipinski definition) is 0. The van der Waals surface area contributed by atoms with Crippen LogP contribution in [-0.2, 0) is 0 Å². The zero-order valence-electron chi connectivity index (χ0n) is 9.17. The highest BCUT2D eigenvalue weighted by molar-refractivity contribution is 5.68. The summed E-state index contributed by atoms with van der Waals surface area (Å²) in [5, 5.41) is 8.74. The number of hydrogen-bond acceptors (Lipinski definition) is 1. The third kappa shape index (κ3) is 2.16. The zero-order valence-corrected chi connectivity index (χ0v) is 9.17. The third-order valence-electron chi connectivity index (χ3n) is 2.57. The van der Waals surface area contributed by atoms with E-state index in [4.69, 9.17) is 5.26 Å². The molecule has 17 heavy (non-hydrogen) atoms. The van der Waals surface area contributed by atoms with E-state index in [0.29, 0.717) is 11.1 Å². The van der Waals surface area contributed by atoms with Gasteiger partial charge in [0.1, 0.15) is 11.6 Å². The Kier molecular flexibility index (Phi) is 2.88. The van der Waals surface area contributed by atoms with Crippen LogP contribution < -0.4 is 0 Å². The number of nitriles is 1. The van der Waals surface area contributed by atoms with Crippen molar-refractivity contribution in [1.82, 2.24) is 0 Å². The topological polar surface area (TPSA) is 23.8 Å². The van der Waals surface area contributed by atoms with Crippen LogP contribution in [0.15, 0.2) is 36.4 Å². The normalized spacial score (nSPS) is 10.0. The monoisotopic (exact) mass is 229 g/mol. The molecule has 0 aliphatic heterocycles. The van der Waals surface area contributed by atoms with Gasteiger partial charge in [0.15, 0.2) is 0 Å². The Morgan fingerprint density at radius 3 is 2.41 bits per heavy atom. The van der Waals surface area contributed by atoms with Gasteiger partial charge >= 0.3 is 0 Å². The second-order valence-corrected chi connectivity index (χ2v) is 3.77. The van der Waals surface area contributed by atoms with E-state index in [0.717, 1.165) is 23.8 Å². The van der Waals surface area contributed by atoms with E-state index in [1.807, 2.05) is 6.07 Å². The van der Waals surface area contributed by atoms with Crippen molar-refractivity contribution in [2.24, 2.45) is 0 Å². The van der Waals surface area contributed by atoms with Crippen molar-refractivity contribution in [3.05, 3.63) is 59.2 Å². The Balaban J connectivity index is 2.61. The van der Waals surface area contributed by atoms with Crippen LogP contribution in [0.3, 0.4) is 0 Å². The first-order valence-corrected chi connectivity index (χ1v) is 5.08. The van der Waals surface area contributed by atoms with E-state index in [2.05, 4.69) is 0 Å². The SMILES string of the molecule is Cc1cc(C#N)ccc1-c1cc(F)ccc1F. The van der Waals surface area contributed by atoms with E-state index in [1.54, 1.807) is 25.1 Å². The molecule has 0 aliphatic carbocycles. The Bertz CT molecular complexity index is 612. The molecule has 1 nitrogen and oxygen atoms in total. The summed E-state index contributed by atoms with van der Waals surface area (Å²) in [5.74, 6) is -0.954. The standard InChI is InChI=1S/C14H9F2N/c1-9-6-10(8-17)2-4-12(9)13-7-11(15)3-5-14(13)16/h2-7H,1H3. The molecule has 84 valence electrons. The molecule has 0 spiro atoms. The largest absolute Gasteiger partial charge is 0.207 e. The highest BCUT2D eigenvalue weighted by atomic mass is 19.1. The van der Waals surface area contributed by atoms with Gasteiger partial charge < -0.3 is 0 Å². The highest BCUT2D eigenvalue weighted by Gasteiger charge is 2.09. The molecule has 2 aromatic rings. The van der Waals surface area contributed by atoms with Crippen LogP contribution in [-0.4, -0.2) is 0 Å². The lowest BCUT2D eigenvalue weighted by atomic mass is 9.98. The minimum Gasteiger partial charge on any atom is -0.207 e. The van der Waals surface area contributed by atoms with Crippen LogP contribution in [0.4, 0.5) is 8.78 Å². The fourth-order valence-corrected chi connectivity index (χ4v) is 1.74. The van der Waals surface area contributed by atoms with Crippen LogP contribution in [0.2, 0.25) is 0 Å². The van der Waals surface area contributed by atoms with E-state index in [9.17, 15) is 8.78 Å². The Labute approximate surface area is 97.9 Å². The minimum atomic E-state index is -0.481. The van der Waals surface area contributed by atoms with Crippen LogP contribution in [0.25, 0.3) is 11.1 Å². The number of halogens is 2. The molecule has 0 unspecified atom stereocenters. The number of rotatable bonds is 1. The van der Waals surface area contributed by atoms with Crippen LogP contribution in [0.5, 0.6) is 0 Å². The van der Waals surface area contributed by atoms with Crippen LogP contribution in [0.1, 0.15) is 11.1 Å². The Hall–Kier alpha value is -2.21. The van der Waals surface area contributed by atoms with Crippen molar-refractivity contribution in [2.75, 3.05) is 0 Å². The maximum Gasteiger partial charge on any atom is 0.131 e. The predicted molar refractivity (Wildman–Crippen MR) is 61.2 cm³/mol. The molecule has 0 atom stereocenters. The van der Waals surface area contributed by atoms with Gasteiger partial charge in [-0.25, -0.2) is 8.78 Å². The van der Waals surface area contributed by atoms with Gasteiger partial charge in [-0.1, -0.05) is 6.07 Å². The highest BCUT2D eigenvalue weighted by Crippen LogP contribution is 2.27. The van der Waals surface area contributed by atoms with Crippen molar-refractivity contribution < 1.29 is 8.78 Å². The lowest BCUT2D eigenvalue weighted by molar-refractivity contribution is 0.603. The van der Waals surface area contributed by atoms with Gasteiger partial charge in [0.25, 0.3) is 0 Å². The average molecular weight is 229 g/mol. The van der Waals surface area contributed by atoms with Gasteiger partial charge in [0.2, 0.25) is 0 Å². The van der Waals surface area contributed by atoms with Gasteiger partial charge in [-0.3, -0.25) is 0 Å². The fraction of sp³-hybridized carbons (Fsp3) is 0.0714. The van der Waals surface area contributed by atoms with Gasteiger partial charge in [-0.05, 0) is 48.4 Å². The molecule has 0 aromatic heterocycles. The number of aryl methyl sites for hydroxylation is 1. The quantitative estimate of drug-likeness (QED) is 0.729. The molecular formula is C14H9F2N. The zero-order chi connectivity index (χ0) is 12.4. The lowest BCUT2D eigenvalue weighted by Crippen LogP contribution is -1.90. The van der Waals surface area contributed by atoms with Gasteiger partial charge in [0, 0.05) is 5.56 Å². The first-order chi connectivity index (χ1) is 8.11. The second-order valence-electron chi connectivity index (χ2n) is 3.77. The summed E-state index contributed by atoms with van der Waals surface area (Å²) in [6.45, 7) is 1.76. The molecule has 0 radical (unpaired) electrons. The average Bonchev–Trinajstić information content (AvgIpc) is 2.32. The minimum absolute atomic E-state index is 0.215. The molecule has 0 heterocycles.